The second-order valence-electron chi connectivity index (χ2n) is 7.87. The molecule has 8 heteroatoms. The highest BCUT2D eigenvalue weighted by Gasteiger charge is 2.18. The van der Waals surface area contributed by atoms with Crippen LogP contribution in [0.25, 0.3) is 0 Å². The Morgan fingerprint density at radius 3 is 2.26 bits per heavy atom. The van der Waals surface area contributed by atoms with E-state index in [1.165, 1.54) is 0 Å². The topological polar surface area (TPSA) is 79.5 Å². The van der Waals surface area contributed by atoms with E-state index in [4.69, 9.17) is 17.0 Å². The zero-order valence-corrected chi connectivity index (χ0v) is 21.5. The van der Waals surface area contributed by atoms with E-state index in [2.05, 4.69) is 31.9 Å². The summed E-state index contributed by atoms with van der Waals surface area (Å²) in [5, 5.41) is 8.69. The van der Waals surface area contributed by atoms with Crippen molar-refractivity contribution in [1.82, 2.24) is 10.6 Å². The maximum absolute atomic E-state index is 13.0. The first-order valence-corrected chi connectivity index (χ1v) is 12.0. The van der Waals surface area contributed by atoms with E-state index in [1.54, 1.807) is 42.5 Å². The Labute approximate surface area is 213 Å². The van der Waals surface area contributed by atoms with Crippen LogP contribution in [-0.2, 0) is 0 Å². The summed E-state index contributed by atoms with van der Waals surface area (Å²) in [6.07, 6.45) is -0.0959. The van der Waals surface area contributed by atoms with Crippen molar-refractivity contribution in [2.45, 2.75) is 32.9 Å². The van der Waals surface area contributed by atoms with Gasteiger partial charge in [0.25, 0.3) is 11.8 Å². The number of ether oxygens (including phenoxy) is 1. The molecule has 34 heavy (non-hydrogen) atoms. The number of amides is 2. The minimum Gasteiger partial charge on any atom is -0.490 e. The van der Waals surface area contributed by atoms with Gasteiger partial charge in [0.1, 0.15) is 5.75 Å². The van der Waals surface area contributed by atoms with Crippen molar-refractivity contribution < 1.29 is 14.3 Å². The summed E-state index contributed by atoms with van der Waals surface area (Å²) >= 11 is 8.74. The van der Waals surface area contributed by atoms with Gasteiger partial charge in [-0.05, 0) is 68.9 Å². The van der Waals surface area contributed by atoms with E-state index in [9.17, 15) is 9.59 Å². The standard InChI is InChI=1S/C26H26BrN3O3S/c1-16(2)33-23-14-13-19(27)15-21(23)25(32)30-26(34)29-22-12-8-7-11-20(22)24(31)28-17(3)18-9-5-4-6-10-18/h4-17H,1-3H3,(H,28,31)(H2,29,30,32,34). The molecular formula is C26H26BrN3O3S. The molecule has 0 aliphatic heterocycles. The quantitative estimate of drug-likeness (QED) is 0.328. The Hall–Kier alpha value is -3.23. The molecule has 0 aliphatic rings. The molecule has 0 bridgehead atoms. The Kier molecular flexibility index (Phi) is 8.79. The number of halogens is 1. The monoisotopic (exact) mass is 539 g/mol. The molecule has 3 aromatic carbocycles. The van der Waals surface area contributed by atoms with Gasteiger partial charge in [-0.3, -0.25) is 14.9 Å². The molecule has 0 fully saturated rings. The maximum atomic E-state index is 13.0. The minimum absolute atomic E-state index is 0.0665. The average Bonchev–Trinajstić information content (AvgIpc) is 2.80. The Balaban J connectivity index is 1.71. The molecular weight excluding hydrogens is 514 g/mol. The molecule has 0 radical (unpaired) electrons. The van der Waals surface area contributed by atoms with Crippen LogP contribution in [0.4, 0.5) is 5.69 Å². The van der Waals surface area contributed by atoms with Crippen LogP contribution in [-0.4, -0.2) is 23.0 Å². The van der Waals surface area contributed by atoms with Crippen LogP contribution in [0.15, 0.2) is 77.3 Å². The maximum Gasteiger partial charge on any atom is 0.261 e. The number of rotatable bonds is 7. The molecule has 1 atom stereocenters. The fourth-order valence-electron chi connectivity index (χ4n) is 3.25. The predicted octanol–water partition coefficient (Wildman–Crippen LogP) is 5.85. The van der Waals surface area contributed by atoms with Gasteiger partial charge in [-0.1, -0.05) is 58.4 Å². The number of benzene rings is 3. The molecule has 2 amide bonds. The number of thiocarbonyl (C=S) groups is 1. The van der Waals surface area contributed by atoms with E-state index >= 15 is 0 Å². The lowest BCUT2D eigenvalue weighted by Crippen LogP contribution is -2.35. The molecule has 3 rings (SSSR count). The van der Waals surface area contributed by atoms with Gasteiger partial charge in [0.05, 0.1) is 29.0 Å². The predicted molar refractivity (Wildman–Crippen MR) is 142 cm³/mol. The molecule has 3 aromatic rings. The van der Waals surface area contributed by atoms with Gasteiger partial charge in [-0.2, -0.15) is 0 Å². The van der Waals surface area contributed by atoms with Crippen molar-refractivity contribution in [2.75, 3.05) is 5.32 Å². The molecule has 0 spiro atoms. The first-order valence-electron chi connectivity index (χ1n) is 10.8. The first-order chi connectivity index (χ1) is 16.2. The lowest BCUT2D eigenvalue weighted by atomic mass is 10.1. The Bertz CT molecular complexity index is 1180. The van der Waals surface area contributed by atoms with Crippen LogP contribution in [0.1, 0.15) is 53.1 Å². The lowest BCUT2D eigenvalue weighted by Gasteiger charge is -2.18. The van der Waals surface area contributed by atoms with Crippen LogP contribution in [0.3, 0.4) is 0 Å². The molecule has 3 N–H and O–H groups in total. The van der Waals surface area contributed by atoms with Crippen LogP contribution >= 0.6 is 28.1 Å². The highest BCUT2D eigenvalue weighted by molar-refractivity contribution is 9.10. The average molecular weight is 540 g/mol. The second-order valence-corrected chi connectivity index (χ2v) is 9.19. The third kappa shape index (κ3) is 6.88. The summed E-state index contributed by atoms with van der Waals surface area (Å²) < 4.78 is 6.49. The number of hydrogen-bond donors (Lipinski definition) is 3. The highest BCUT2D eigenvalue weighted by atomic mass is 79.9. The molecule has 6 nitrogen and oxygen atoms in total. The molecule has 0 aromatic heterocycles. The van der Waals surface area contributed by atoms with Crippen molar-refractivity contribution in [3.8, 4) is 5.75 Å². The van der Waals surface area contributed by atoms with Crippen molar-refractivity contribution in [3.05, 3.63) is 94.0 Å². The summed E-state index contributed by atoms with van der Waals surface area (Å²) in [4.78, 5) is 25.9. The van der Waals surface area contributed by atoms with Gasteiger partial charge in [0.2, 0.25) is 0 Å². The van der Waals surface area contributed by atoms with Crippen LogP contribution < -0.4 is 20.7 Å². The first kappa shape index (κ1) is 25.4. The number of para-hydroxylation sites is 1. The minimum atomic E-state index is -0.422. The SMILES string of the molecule is CC(C)Oc1ccc(Br)cc1C(=O)NC(=S)Nc1ccccc1C(=O)NC(C)c1ccccc1. The fourth-order valence-corrected chi connectivity index (χ4v) is 3.81. The van der Waals surface area contributed by atoms with Gasteiger partial charge in [0, 0.05) is 4.47 Å². The summed E-state index contributed by atoms with van der Waals surface area (Å²) in [5.74, 6) is -0.226. The van der Waals surface area contributed by atoms with Gasteiger partial charge in [-0.25, -0.2) is 0 Å². The lowest BCUT2D eigenvalue weighted by molar-refractivity contribution is 0.0939. The van der Waals surface area contributed by atoms with Crippen molar-refractivity contribution in [2.24, 2.45) is 0 Å². The number of nitrogens with one attached hydrogen (secondary N) is 3. The van der Waals surface area contributed by atoms with Crippen LogP contribution in [0, 0.1) is 0 Å². The smallest absolute Gasteiger partial charge is 0.261 e. The zero-order valence-electron chi connectivity index (χ0n) is 19.1. The largest absolute Gasteiger partial charge is 0.490 e. The number of anilines is 1. The molecule has 0 heterocycles. The van der Waals surface area contributed by atoms with Gasteiger partial charge < -0.3 is 15.4 Å². The van der Waals surface area contributed by atoms with E-state index in [0.29, 0.717) is 22.6 Å². The van der Waals surface area contributed by atoms with Gasteiger partial charge in [0.15, 0.2) is 5.11 Å². The van der Waals surface area contributed by atoms with Crippen molar-refractivity contribution in [1.29, 1.82) is 0 Å². The number of carbonyl (C=O) groups is 2. The summed E-state index contributed by atoms with van der Waals surface area (Å²) in [6.45, 7) is 5.69. The van der Waals surface area contributed by atoms with Crippen LogP contribution in [0.5, 0.6) is 5.75 Å². The van der Waals surface area contributed by atoms with E-state index in [-0.39, 0.29) is 23.2 Å². The molecule has 1 unspecified atom stereocenters. The van der Waals surface area contributed by atoms with Crippen molar-refractivity contribution in [3.63, 3.8) is 0 Å². The van der Waals surface area contributed by atoms with Gasteiger partial charge in [-0.15, -0.1) is 0 Å². The highest BCUT2D eigenvalue weighted by Crippen LogP contribution is 2.24. The third-order valence-corrected chi connectivity index (χ3v) is 5.54. The van der Waals surface area contributed by atoms with E-state index in [1.807, 2.05) is 51.1 Å². The van der Waals surface area contributed by atoms with E-state index < -0.39 is 5.91 Å². The van der Waals surface area contributed by atoms with E-state index in [0.717, 1.165) is 10.0 Å². The summed E-state index contributed by atoms with van der Waals surface area (Å²) in [6, 6.07) is 21.7. The number of carbonyl (C=O) groups excluding carboxylic acids is 2. The summed E-state index contributed by atoms with van der Waals surface area (Å²) in [7, 11) is 0. The van der Waals surface area contributed by atoms with Gasteiger partial charge >= 0.3 is 0 Å². The van der Waals surface area contributed by atoms with Crippen molar-refractivity contribution >= 4 is 50.8 Å². The molecule has 176 valence electrons. The third-order valence-electron chi connectivity index (χ3n) is 4.84. The molecule has 0 saturated heterocycles. The van der Waals surface area contributed by atoms with Crippen LogP contribution in [0.2, 0.25) is 0 Å². The fraction of sp³-hybridized carbons (Fsp3) is 0.192. The molecule has 0 aliphatic carbocycles. The number of hydrogen-bond acceptors (Lipinski definition) is 4. The zero-order chi connectivity index (χ0) is 24.7. The Morgan fingerprint density at radius 2 is 1.56 bits per heavy atom. The summed E-state index contributed by atoms with van der Waals surface area (Å²) in [5.41, 5.74) is 2.24. The second kappa shape index (κ2) is 11.8. The normalized spacial score (nSPS) is 11.4. The molecule has 0 saturated carbocycles. The Morgan fingerprint density at radius 1 is 0.882 bits per heavy atom.